The molecular weight excluding hydrogens is 435 g/mol. The molecule has 30 heavy (non-hydrogen) atoms. The molecule has 0 aromatic heterocycles. The Hall–Kier alpha value is -2.38. The van der Waals surface area contributed by atoms with Crippen molar-refractivity contribution in [3.8, 4) is 0 Å². The van der Waals surface area contributed by atoms with Crippen molar-refractivity contribution in [2.75, 3.05) is 38.0 Å². The van der Waals surface area contributed by atoms with Crippen molar-refractivity contribution in [1.29, 1.82) is 0 Å². The van der Waals surface area contributed by atoms with Gasteiger partial charge in [-0.2, -0.15) is 4.31 Å². The highest BCUT2D eigenvalue weighted by Gasteiger charge is 2.31. The predicted molar refractivity (Wildman–Crippen MR) is 107 cm³/mol. The minimum absolute atomic E-state index is 0.0352. The second-order valence-corrected chi connectivity index (χ2v) is 10.4. The highest BCUT2D eigenvalue weighted by atomic mass is 32.2. The van der Waals surface area contributed by atoms with Gasteiger partial charge in [0.15, 0.2) is 6.54 Å². The number of piperazine rings is 1. The fourth-order valence-electron chi connectivity index (χ4n) is 3.14. The first-order valence-corrected chi connectivity index (χ1v) is 12.1. The molecule has 2 aromatic rings. The number of halogens is 1. The second-order valence-electron chi connectivity index (χ2n) is 6.90. The summed E-state index contributed by atoms with van der Waals surface area (Å²) < 4.78 is 62.1. The van der Waals surface area contributed by atoms with E-state index in [4.69, 9.17) is 5.14 Å². The van der Waals surface area contributed by atoms with Crippen LogP contribution in [0.1, 0.15) is 0 Å². The number of primary sulfonamides is 1. The number of benzene rings is 2. The Morgan fingerprint density at radius 2 is 1.50 bits per heavy atom. The normalized spacial score (nSPS) is 16.3. The molecule has 1 saturated heterocycles. The summed E-state index contributed by atoms with van der Waals surface area (Å²) in [6, 6.07) is 10.2. The predicted octanol–water partition coefficient (Wildman–Crippen LogP) is -0.999. The van der Waals surface area contributed by atoms with Gasteiger partial charge in [-0.15, -0.1) is 0 Å². The SMILES string of the molecule is NS(=O)(=O)c1ccc(NC(=O)C[NH+]2CCN(S(=O)(=O)c3ccc(F)cc3)CC2)cc1. The highest BCUT2D eigenvalue weighted by Crippen LogP contribution is 2.16. The van der Waals surface area contributed by atoms with Crippen LogP contribution in [0, 0.1) is 5.82 Å². The number of anilines is 1. The molecule has 1 amide bonds. The summed E-state index contributed by atoms with van der Waals surface area (Å²) in [5, 5.41) is 7.71. The molecular formula is C18H22FN4O5S2+. The van der Waals surface area contributed by atoms with Crippen LogP contribution in [0.25, 0.3) is 0 Å². The Balaban J connectivity index is 1.53. The molecule has 3 rings (SSSR count). The van der Waals surface area contributed by atoms with E-state index in [1.54, 1.807) is 0 Å². The van der Waals surface area contributed by atoms with E-state index in [0.717, 1.165) is 17.0 Å². The number of nitrogens with one attached hydrogen (secondary N) is 2. The first kappa shape index (κ1) is 22.3. The van der Waals surface area contributed by atoms with Crippen molar-refractivity contribution in [2.45, 2.75) is 9.79 Å². The molecule has 1 fully saturated rings. The quantitative estimate of drug-likeness (QED) is 0.512. The lowest BCUT2D eigenvalue weighted by atomic mass is 10.3. The topological polar surface area (TPSA) is 131 Å². The van der Waals surface area contributed by atoms with Crippen molar-refractivity contribution < 1.29 is 30.9 Å². The number of carbonyl (C=O) groups excluding carboxylic acids is 1. The fraction of sp³-hybridized carbons (Fsp3) is 0.278. The van der Waals surface area contributed by atoms with Crippen LogP contribution in [0.4, 0.5) is 10.1 Å². The molecule has 2 aromatic carbocycles. The van der Waals surface area contributed by atoms with Gasteiger partial charge in [0.1, 0.15) is 5.82 Å². The fourth-order valence-corrected chi connectivity index (χ4v) is 5.09. The minimum atomic E-state index is -3.80. The number of amides is 1. The maximum absolute atomic E-state index is 13.0. The summed E-state index contributed by atoms with van der Waals surface area (Å²) in [6.45, 7) is 1.51. The van der Waals surface area contributed by atoms with Crippen LogP contribution in [-0.4, -0.2) is 59.8 Å². The van der Waals surface area contributed by atoms with Gasteiger partial charge in [-0.3, -0.25) is 4.79 Å². The Morgan fingerprint density at radius 3 is 2.03 bits per heavy atom. The third kappa shape index (κ3) is 5.40. The summed E-state index contributed by atoms with van der Waals surface area (Å²) in [6.07, 6.45) is 0. The zero-order valence-electron chi connectivity index (χ0n) is 15.9. The van der Waals surface area contributed by atoms with Gasteiger partial charge in [0, 0.05) is 5.69 Å². The van der Waals surface area contributed by atoms with Crippen molar-refractivity contribution in [2.24, 2.45) is 5.14 Å². The summed E-state index contributed by atoms with van der Waals surface area (Å²) in [5.41, 5.74) is 0.435. The monoisotopic (exact) mass is 457 g/mol. The van der Waals surface area contributed by atoms with E-state index in [2.05, 4.69) is 5.32 Å². The van der Waals surface area contributed by atoms with Crippen molar-refractivity contribution in [3.05, 3.63) is 54.3 Å². The molecule has 0 spiro atoms. The average molecular weight is 458 g/mol. The Labute approximate surface area is 174 Å². The number of hydrogen-bond donors (Lipinski definition) is 3. The summed E-state index contributed by atoms with van der Waals surface area (Å²) >= 11 is 0. The Kier molecular flexibility index (Phi) is 6.53. The molecule has 0 unspecified atom stereocenters. The zero-order valence-corrected chi connectivity index (χ0v) is 17.5. The van der Waals surface area contributed by atoms with Crippen molar-refractivity contribution in [3.63, 3.8) is 0 Å². The number of nitrogens with zero attached hydrogens (tertiary/aromatic N) is 1. The standard InChI is InChI=1S/C18H21FN4O5S2/c19-14-1-5-17(6-2-14)30(27,28)23-11-9-22(10-12-23)13-18(24)21-15-3-7-16(8-4-15)29(20,25)26/h1-8H,9-13H2,(H,21,24)(H2,20,25,26)/p+1. The molecule has 1 heterocycles. The van der Waals surface area contributed by atoms with Gasteiger partial charge in [0.25, 0.3) is 5.91 Å². The first-order chi connectivity index (χ1) is 14.1. The van der Waals surface area contributed by atoms with Crippen LogP contribution >= 0.6 is 0 Å². The number of rotatable bonds is 6. The molecule has 0 aliphatic carbocycles. The van der Waals surface area contributed by atoms with Crippen LogP contribution < -0.4 is 15.4 Å². The number of quaternary nitrogens is 1. The van der Waals surface area contributed by atoms with Crippen LogP contribution in [0.3, 0.4) is 0 Å². The number of nitrogens with two attached hydrogens (primary N) is 1. The Morgan fingerprint density at radius 1 is 0.967 bits per heavy atom. The molecule has 0 radical (unpaired) electrons. The summed E-state index contributed by atoms with van der Waals surface area (Å²) in [5.74, 6) is -0.781. The van der Waals surface area contributed by atoms with E-state index in [-0.39, 0.29) is 35.3 Å². The second kappa shape index (κ2) is 8.78. The smallest absolute Gasteiger partial charge is 0.279 e. The minimum Gasteiger partial charge on any atom is -0.325 e. The first-order valence-electron chi connectivity index (χ1n) is 9.08. The van der Waals surface area contributed by atoms with E-state index >= 15 is 0 Å². The van der Waals surface area contributed by atoms with E-state index in [9.17, 15) is 26.0 Å². The van der Waals surface area contributed by atoms with Gasteiger partial charge < -0.3 is 10.2 Å². The molecule has 1 aliphatic rings. The molecule has 0 saturated carbocycles. The third-order valence-electron chi connectivity index (χ3n) is 4.76. The molecule has 0 bridgehead atoms. The number of sulfonamides is 2. The number of hydrogen-bond acceptors (Lipinski definition) is 5. The zero-order chi connectivity index (χ0) is 21.9. The van der Waals surface area contributed by atoms with Gasteiger partial charge in [0.05, 0.1) is 36.0 Å². The Bertz CT molecular complexity index is 1110. The van der Waals surface area contributed by atoms with Gasteiger partial charge in [0.2, 0.25) is 20.0 Å². The van der Waals surface area contributed by atoms with E-state index in [1.165, 1.54) is 40.7 Å². The molecule has 1 aliphatic heterocycles. The molecule has 9 nitrogen and oxygen atoms in total. The average Bonchev–Trinajstić information content (AvgIpc) is 2.68. The third-order valence-corrected chi connectivity index (χ3v) is 7.60. The maximum atomic E-state index is 13.0. The van der Waals surface area contributed by atoms with Crippen molar-refractivity contribution in [1.82, 2.24) is 4.31 Å². The van der Waals surface area contributed by atoms with Crippen LogP contribution in [-0.2, 0) is 24.8 Å². The van der Waals surface area contributed by atoms with Gasteiger partial charge in [-0.05, 0) is 48.5 Å². The van der Waals surface area contributed by atoms with Crippen LogP contribution in [0.5, 0.6) is 0 Å². The molecule has 162 valence electrons. The lowest BCUT2D eigenvalue weighted by Crippen LogP contribution is -3.15. The van der Waals surface area contributed by atoms with Gasteiger partial charge in [-0.25, -0.2) is 26.4 Å². The van der Waals surface area contributed by atoms with Crippen LogP contribution in [0.2, 0.25) is 0 Å². The lowest BCUT2D eigenvalue weighted by molar-refractivity contribution is -0.895. The maximum Gasteiger partial charge on any atom is 0.279 e. The lowest BCUT2D eigenvalue weighted by Gasteiger charge is -2.31. The van der Waals surface area contributed by atoms with Crippen molar-refractivity contribution >= 4 is 31.6 Å². The largest absolute Gasteiger partial charge is 0.325 e. The van der Waals surface area contributed by atoms with E-state index < -0.39 is 25.9 Å². The molecule has 4 N–H and O–H groups in total. The van der Waals surface area contributed by atoms with Gasteiger partial charge in [-0.1, -0.05) is 0 Å². The molecule has 0 atom stereocenters. The van der Waals surface area contributed by atoms with E-state index in [0.29, 0.717) is 18.8 Å². The molecule has 12 heteroatoms. The summed E-state index contributed by atoms with van der Waals surface area (Å²) in [4.78, 5) is 13.2. The number of carbonyl (C=O) groups is 1. The highest BCUT2D eigenvalue weighted by molar-refractivity contribution is 7.89. The van der Waals surface area contributed by atoms with E-state index in [1.807, 2.05) is 0 Å². The summed E-state index contributed by atoms with van der Waals surface area (Å²) in [7, 11) is -7.50. The van der Waals surface area contributed by atoms with Crippen LogP contribution in [0.15, 0.2) is 58.3 Å². The van der Waals surface area contributed by atoms with Gasteiger partial charge >= 0.3 is 0 Å².